The summed E-state index contributed by atoms with van der Waals surface area (Å²) in [5.41, 5.74) is 4.74. The molecule has 2 aromatic carbocycles. The van der Waals surface area contributed by atoms with Gasteiger partial charge in [0.1, 0.15) is 0 Å². The summed E-state index contributed by atoms with van der Waals surface area (Å²) in [6.07, 6.45) is 5.66. The number of hydrogen-bond donors (Lipinski definition) is 0. The van der Waals surface area contributed by atoms with Gasteiger partial charge < -0.3 is 9.40 Å². The van der Waals surface area contributed by atoms with Crippen LogP contribution in [-0.2, 0) is 16.2 Å². The van der Waals surface area contributed by atoms with Crippen LogP contribution < -0.4 is 0 Å². The molecule has 5 nitrogen and oxygen atoms in total. The molecule has 0 radical (unpaired) electrons. The first-order valence-electron chi connectivity index (χ1n) is 12.0. The smallest absolute Gasteiger partial charge is 0.331 e. The van der Waals surface area contributed by atoms with Gasteiger partial charge in [-0.15, -0.1) is 11.3 Å². The van der Waals surface area contributed by atoms with Crippen LogP contribution >= 0.6 is 11.3 Å². The zero-order valence-corrected chi connectivity index (χ0v) is 20.4. The van der Waals surface area contributed by atoms with E-state index in [1.807, 2.05) is 35.7 Å². The van der Waals surface area contributed by atoms with E-state index in [1.165, 1.54) is 24.7 Å². The van der Waals surface area contributed by atoms with Crippen LogP contribution in [0.3, 0.4) is 0 Å². The lowest BCUT2D eigenvalue weighted by Gasteiger charge is -2.23. The third-order valence-corrected chi connectivity index (χ3v) is 7.62. The quantitative estimate of drug-likeness (QED) is 0.132. The first-order valence-corrected chi connectivity index (χ1v) is 12.8. The largest absolute Gasteiger partial charge is 0.341 e. The fourth-order valence-electron chi connectivity index (χ4n) is 5.15. The number of carbonyl (C=O) groups is 2. The third kappa shape index (κ3) is 4.18. The summed E-state index contributed by atoms with van der Waals surface area (Å²) in [6, 6.07) is 16.1. The summed E-state index contributed by atoms with van der Waals surface area (Å²) in [4.78, 5) is 30.4. The highest BCUT2D eigenvalue weighted by molar-refractivity contribution is 7.12. The average molecular weight is 473 g/mol. The van der Waals surface area contributed by atoms with Gasteiger partial charge in [0.15, 0.2) is 0 Å². The molecule has 0 N–H and O–H groups in total. The Morgan fingerprint density at radius 2 is 1.68 bits per heavy atom. The number of thiophene rings is 1. The van der Waals surface area contributed by atoms with Gasteiger partial charge in [-0.3, -0.25) is 4.79 Å². The molecule has 0 bridgehead atoms. The fraction of sp³-hybridized carbons (Fsp3) is 0.321. The van der Waals surface area contributed by atoms with Crippen LogP contribution in [0.15, 0.2) is 59.1 Å². The first-order chi connectivity index (χ1) is 16.6. The van der Waals surface area contributed by atoms with E-state index in [1.54, 1.807) is 0 Å². The van der Waals surface area contributed by atoms with Crippen molar-refractivity contribution >= 4 is 50.6 Å². The van der Waals surface area contributed by atoms with Crippen LogP contribution in [0.25, 0.3) is 21.8 Å². The van der Waals surface area contributed by atoms with Crippen molar-refractivity contribution in [3.05, 3.63) is 69.9 Å². The molecule has 0 aliphatic heterocycles. The predicted molar refractivity (Wildman–Crippen MR) is 138 cm³/mol. The second-order valence-corrected chi connectivity index (χ2v) is 9.86. The van der Waals surface area contributed by atoms with Crippen molar-refractivity contribution < 1.29 is 14.4 Å². The van der Waals surface area contributed by atoms with Crippen molar-refractivity contribution in [1.82, 2.24) is 4.57 Å². The normalized spacial score (nSPS) is 15.2. The molecule has 1 aliphatic rings. The number of hydrogen-bond acceptors (Lipinski definition) is 5. The van der Waals surface area contributed by atoms with Gasteiger partial charge in [0.2, 0.25) is 5.78 Å². The lowest BCUT2D eigenvalue weighted by molar-refractivity contribution is -0.140. The molecule has 34 heavy (non-hydrogen) atoms. The fourth-order valence-corrected chi connectivity index (χ4v) is 5.83. The first kappa shape index (κ1) is 22.5. The Bertz CT molecular complexity index is 1390. The molecular weight excluding hydrogens is 444 g/mol. The Balaban J connectivity index is 1.66. The van der Waals surface area contributed by atoms with Gasteiger partial charge in [0.05, 0.1) is 10.6 Å². The van der Waals surface area contributed by atoms with E-state index in [0.29, 0.717) is 5.56 Å². The number of aromatic nitrogens is 1. The van der Waals surface area contributed by atoms with E-state index in [2.05, 4.69) is 34.8 Å². The van der Waals surface area contributed by atoms with Crippen molar-refractivity contribution in [1.29, 1.82) is 0 Å². The monoisotopic (exact) mass is 472 g/mol. The lowest BCUT2D eigenvalue weighted by atomic mass is 9.83. The summed E-state index contributed by atoms with van der Waals surface area (Å²) in [7, 11) is 0. The van der Waals surface area contributed by atoms with Crippen LogP contribution in [-0.4, -0.2) is 22.0 Å². The van der Waals surface area contributed by atoms with Crippen LogP contribution in [0.5, 0.6) is 0 Å². The Hall–Kier alpha value is -3.25. The number of ketones is 1. The second-order valence-electron chi connectivity index (χ2n) is 8.91. The summed E-state index contributed by atoms with van der Waals surface area (Å²) in [6.45, 7) is 4.34. The van der Waals surface area contributed by atoms with E-state index >= 15 is 0 Å². The highest BCUT2D eigenvalue weighted by atomic mass is 32.1. The van der Waals surface area contributed by atoms with Gasteiger partial charge in [0, 0.05) is 52.3 Å². The number of oxime groups is 1. The van der Waals surface area contributed by atoms with Gasteiger partial charge in [-0.2, -0.15) is 0 Å². The van der Waals surface area contributed by atoms with Crippen molar-refractivity contribution in [2.75, 3.05) is 0 Å². The molecule has 2 heterocycles. The number of carbonyl (C=O) groups excluding carboxylic acids is 2. The van der Waals surface area contributed by atoms with Crippen molar-refractivity contribution in [3.63, 3.8) is 0 Å². The van der Waals surface area contributed by atoms with Gasteiger partial charge in [-0.05, 0) is 61.5 Å². The molecule has 6 heteroatoms. The van der Waals surface area contributed by atoms with E-state index in [9.17, 15) is 9.59 Å². The molecule has 0 amide bonds. The number of aryl methyl sites for hydroxylation is 1. The van der Waals surface area contributed by atoms with Crippen molar-refractivity contribution in [2.24, 2.45) is 11.1 Å². The molecule has 1 fully saturated rings. The maximum atomic E-state index is 13.0. The molecule has 1 saturated carbocycles. The topological polar surface area (TPSA) is 60.7 Å². The Morgan fingerprint density at radius 3 is 2.29 bits per heavy atom. The summed E-state index contributed by atoms with van der Waals surface area (Å²) >= 11 is 1.46. The number of fused-ring (bicyclic) bond motifs is 3. The van der Waals surface area contributed by atoms with Gasteiger partial charge in [-0.25, -0.2) is 4.79 Å². The molecule has 2 aromatic heterocycles. The van der Waals surface area contributed by atoms with Crippen LogP contribution in [0.4, 0.5) is 0 Å². The maximum absolute atomic E-state index is 13.0. The molecule has 5 rings (SSSR count). The molecule has 4 aromatic rings. The third-order valence-electron chi connectivity index (χ3n) is 6.75. The van der Waals surface area contributed by atoms with Crippen molar-refractivity contribution in [3.8, 4) is 0 Å². The Kier molecular flexibility index (Phi) is 6.33. The Morgan fingerprint density at radius 1 is 1.00 bits per heavy atom. The van der Waals surface area contributed by atoms with Crippen LogP contribution in [0.2, 0.25) is 0 Å². The van der Waals surface area contributed by atoms with Crippen LogP contribution in [0, 0.1) is 5.92 Å². The highest BCUT2D eigenvalue weighted by Gasteiger charge is 2.23. The SMILES string of the molecule is CCn1c2ccc(C(=O)c3cccs3)cc2c2cc(/C(=N/OC(C)=O)C3CCCCC3)ccc21. The molecule has 174 valence electrons. The molecule has 0 unspecified atom stereocenters. The van der Waals surface area contributed by atoms with Crippen LogP contribution in [0.1, 0.15) is 66.8 Å². The number of rotatable bonds is 6. The molecule has 1 aliphatic carbocycles. The average Bonchev–Trinajstić information content (AvgIpc) is 3.50. The van der Waals surface area contributed by atoms with Crippen molar-refractivity contribution in [2.45, 2.75) is 52.5 Å². The Labute approximate surface area is 203 Å². The van der Waals surface area contributed by atoms with Gasteiger partial charge >= 0.3 is 5.97 Å². The molecule has 0 atom stereocenters. The van der Waals surface area contributed by atoms with E-state index in [0.717, 1.165) is 70.2 Å². The standard InChI is InChI=1S/C28H28N2O3S/c1-3-30-24-13-11-20(27(29-33-18(2)31)19-8-5-4-6-9-19)16-22(24)23-17-21(12-14-25(23)30)28(32)26-10-7-15-34-26/h7,10-17,19H,3-6,8-9H2,1-2H3/b29-27+. The lowest BCUT2D eigenvalue weighted by Crippen LogP contribution is -2.20. The van der Waals surface area contributed by atoms with Gasteiger partial charge in [-0.1, -0.05) is 36.6 Å². The maximum Gasteiger partial charge on any atom is 0.331 e. The summed E-state index contributed by atoms with van der Waals surface area (Å²) in [5, 5.41) is 8.38. The van der Waals surface area contributed by atoms with Gasteiger partial charge in [0.25, 0.3) is 0 Å². The minimum absolute atomic E-state index is 0.0461. The zero-order valence-electron chi connectivity index (χ0n) is 19.5. The minimum Gasteiger partial charge on any atom is -0.341 e. The zero-order chi connectivity index (χ0) is 23.7. The number of nitrogens with zero attached hydrogens (tertiary/aromatic N) is 2. The highest BCUT2D eigenvalue weighted by Crippen LogP contribution is 2.34. The predicted octanol–water partition coefficient (Wildman–Crippen LogP) is 6.95. The minimum atomic E-state index is -0.409. The molecule has 0 spiro atoms. The number of benzene rings is 2. The summed E-state index contributed by atoms with van der Waals surface area (Å²) in [5.74, 6) is -0.0838. The van der Waals surface area contributed by atoms with E-state index in [-0.39, 0.29) is 11.7 Å². The molecular formula is C28H28N2O3S. The van der Waals surface area contributed by atoms with E-state index in [4.69, 9.17) is 4.84 Å². The summed E-state index contributed by atoms with van der Waals surface area (Å²) < 4.78 is 2.28. The van der Waals surface area contributed by atoms with E-state index < -0.39 is 5.97 Å². The molecule has 0 saturated heterocycles. The second kappa shape index (κ2) is 9.55.